The fourth-order valence-corrected chi connectivity index (χ4v) is 4.53. The molecule has 0 saturated heterocycles. The standard InChI is InChI=1S/C17H13Br2NO3S/c18-12-5-7-13(8-6-12)20(14-9-10-24(22,23)11-14)17(21)15-3-1-2-4-16(15)19/h1-10,14H,11H2. The van der Waals surface area contributed by atoms with E-state index in [0.29, 0.717) is 15.7 Å². The minimum absolute atomic E-state index is 0.112. The van der Waals surface area contributed by atoms with Gasteiger partial charge in [-0.3, -0.25) is 4.79 Å². The Hall–Kier alpha value is -1.44. The van der Waals surface area contributed by atoms with Crippen molar-refractivity contribution in [3.05, 3.63) is 74.5 Å². The molecule has 7 heteroatoms. The van der Waals surface area contributed by atoms with E-state index in [1.807, 2.05) is 18.2 Å². The van der Waals surface area contributed by atoms with Gasteiger partial charge in [-0.15, -0.1) is 0 Å². The molecule has 0 spiro atoms. The van der Waals surface area contributed by atoms with Gasteiger partial charge in [0.2, 0.25) is 0 Å². The second-order valence-electron chi connectivity index (χ2n) is 5.36. The van der Waals surface area contributed by atoms with Gasteiger partial charge in [-0.2, -0.15) is 0 Å². The van der Waals surface area contributed by atoms with Crippen LogP contribution in [-0.2, 0) is 9.84 Å². The number of hydrogen-bond acceptors (Lipinski definition) is 3. The molecule has 1 aliphatic heterocycles. The number of carbonyl (C=O) groups excluding carboxylic acids is 1. The topological polar surface area (TPSA) is 54.5 Å². The first-order valence-electron chi connectivity index (χ1n) is 7.12. The summed E-state index contributed by atoms with van der Waals surface area (Å²) < 4.78 is 25.2. The highest BCUT2D eigenvalue weighted by Crippen LogP contribution is 2.28. The Bertz CT molecular complexity index is 908. The largest absolute Gasteiger partial charge is 0.300 e. The number of hydrogen-bond donors (Lipinski definition) is 0. The Kier molecular flexibility index (Phi) is 4.94. The van der Waals surface area contributed by atoms with Crippen LogP contribution in [-0.4, -0.2) is 26.1 Å². The van der Waals surface area contributed by atoms with Crippen molar-refractivity contribution in [3.8, 4) is 0 Å². The molecule has 0 bridgehead atoms. The van der Waals surface area contributed by atoms with Gasteiger partial charge in [0.15, 0.2) is 9.84 Å². The van der Waals surface area contributed by atoms with E-state index in [2.05, 4.69) is 31.9 Å². The number of benzene rings is 2. The van der Waals surface area contributed by atoms with Crippen molar-refractivity contribution in [1.29, 1.82) is 0 Å². The number of amides is 1. The SMILES string of the molecule is O=C(c1ccccc1Br)N(c1ccc(Br)cc1)C1C=CS(=O)(=O)C1. The summed E-state index contributed by atoms with van der Waals surface area (Å²) in [6.45, 7) is 0. The highest BCUT2D eigenvalue weighted by atomic mass is 79.9. The monoisotopic (exact) mass is 469 g/mol. The van der Waals surface area contributed by atoms with Gasteiger partial charge in [0.05, 0.1) is 17.4 Å². The maximum Gasteiger partial charge on any atom is 0.260 e. The van der Waals surface area contributed by atoms with Crippen LogP contribution in [0.5, 0.6) is 0 Å². The van der Waals surface area contributed by atoms with Crippen LogP contribution >= 0.6 is 31.9 Å². The molecule has 0 aromatic heterocycles. The maximum atomic E-state index is 13.1. The third-order valence-corrected chi connectivity index (χ3v) is 6.27. The van der Waals surface area contributed by atoms with E-state index in [1.165, 1.54) is 10.3 Å². The fourth-order valence-electron chi connectivity index (χ4n) is 2.55. The molecular weight excluding hydrogens is 458 g/mol. The lowest BCUT2D eigenvalue weighted by Gasteiger charge is -2.28. The molecule has 2 aromatic rings. The van der Waals surface area contributed by atoms with Gasteiger partial charge < -0.3 is 4.90 Å². The summed E-state index contributed by atoms with van der Waals surface area (Å²) in [7, 11) is -3.28. The molecule has 1 unspecified atom stereocenters. The molecule has 3 rings (SSSR count). The molecule has 1 amide bonds. The van der Waals surface area contributed by atoms with E-state index in [9.17, 15) is 13.2 Å². The van der Waals surface area contributed by atoms with E-state index in [-0.39, 0.29) is 11.7 Å². The van der Waals surface area contributed by atoms with Crippen LogP contribution in [0.3, 0.4) is 0 Å². The lowest BCUT2D eigenvalue weighted by atomic mass is 10.1. The molecule has 124 valence electrons. The Morgan fingerprint density at radius 1 is 1.04 bits per heavy atom. The number of carbonyl (C=O) groups is 1. The average molecular weight is 471 g/mol. The molecule has 0 aliphatic carbocycles. The zero-order chi connectivity index (χ0) is 17.3. The first kappa shape index (κ1) is 17.4. The molecule has 0 saturated carbocycles. The van der Waals surface area contributed by atoms with Gasteiger partial charge in [-0.1, -0.05) is 28.1 Å². The smallest absolute Gasteiger partial charge is 0.260 e. The molecule has 0 N–H and O–H groups in total. The predicted octanol–water partition coefficient (Wildman–Crippen LogP) is 4.17. The zero-order valence-corrected chi connectivity index (χ0v) is 16.4. The fraction of sp³-hybridized carbons (Fsp3) is 0.118. The minimum Gasteiger partial charge on any atom is -0.300 e. The Morgan fingerprint density at radius 2 is 1.71 bits per heavy atom. The van der Waals surface area contributed by atoms with Crippen LogP contribution in [0.1, 0.15) is 10.4 Å². The summed E-state index contributed by atoms with van der Waals surface area (Å²) in [4.78, 5) is 14.6. The Morgan fingerprint density at radius 3 is 2.29 bits per heavy atom. The summed E-state index contributed by atoms with van der Waals surface area (Å²) in [5.41, 5.74) is 1.13. The molecule has 1 aliphatic rings. The van der Waals surface area contributed by atoms with Crippen LogP contribution < -0.4 is 4.90 Å². The zero-order valence-electron chi connectivity index (χ0n) is 12.4. The van der Waals surface area contributed by atoms with Crippen molar-refractivity contribution < 1.29 is 13.2 Å². The van der Waals surface area contributed by atoms with Crippen LogP contribution in [0.2, 0.25) is 0 Å². The van der Waals surface area contributed by atoms with Gasteiger partial charge >= 0.3 is 0 Å². The summed E-state index contributed by atoms with van der Waals surface area (Å²) in [5, 5.41) is 1.18. The van der Waals surface area contributed by atoms with E-state index in [1.54, 1.807) is 36.4 Å². The van der Waals surface area contributed by atoms with Crippen molar-refractivity contribution in [2.75, 3.05) is 10.7 Å². The molecule has 1 heterocycles. The van der Waals surface area contributed by atoms with Crippen molar-refractivity contribution in [3.63, 3.8) is 0 Å². The summed E-state index contributed by atoms with van der Waals surface area (Å²) in [6.07, 6.45) is 1.56. The normalized spacial score (nSPS) is 18.5. The Labute approximate surface area is 157 Å². The minimum atomic E-state index is -3.28. The van der Waals surface area contributed by atoms with E-state index in [4.69, 9.17) is 0 Å². The summed E-state index contributed by atoms with van der Waals surface area (Å²) >= 11 is 6.76. The molecule has 4 nitrogen and oxygen atoms in total. The molecule has 24 heavy (non-hydrogen) atoms. The van der Waals surface area contributed by atoms with Gasteiger partial charge in [0, 0.05) is 20.0 Å². The number of nitrogens with zero attached hydrogens (tertiary/aromatic N) is 1. The highest BCUT2D eigenvalue weighted by Gasteiger charge is 2.32. The number of rotatable bonds is 3. The third kappa shape index (κ3) is 3.63. The maximum absolute atomic E-state index is 13.1. The summed E-state index contributed by atoms with van der Waals surface area (Å²) in [5.74, 6) is -0.365. The van der Waals surface area contributed by atoms with Gasteiger partial charge in [-0.25, -0.2) is 8.42 Å². The van der Waals surface area contributed by atoms with Crippen molar-refractivity contribution >= 4 is 53.3 Å². The molecule has 1 atom stereocenters. The number of anilines is 1. The third-order valence-electron chi connectivity index (χ3n) is 3.67. The molecule has 0 radical (unpaired) electrons. The Balaban J connectivity index is 2.05. The quantitative estimate of drug-likeness (QED) is 0.676. The first-order valence-corrected chi connectivity index (χ1v) is 10.4. The lowest BCUT2D eigenvalue weighted by Crippen LogP contribution is -2.41. The van der Waals surface area contributed by atoms with E-state index >= 15 is 0 Å². The highest BCUT2D eigenvalue weighted by molar-refractivity contribution is 9.10. The molecular formula is C17H13Br2NO3S. The lowest BCUT2D eigenvalue weighted by molar-refractivity contribution is 0.0982. The van der Waals surface area contributed by atoms with Crippen molar-refractivity contribution in [2.45, 2.75) is 6.04 Å². The van der Waals surface area contributed by atoms with Gasteiger partial charge in [0.25, 0.3) is 5.91 Å². The number of halogens is 2. The second kappa shape index (κ2) is 6.82. The van der Waals surface area contributed by atoms with Crippen molar-refractivity contribution in [1.82, 2.24) is 0 Å². The number of sulfone groups is 1. The van der Waals surface area contributed by atoms with Crippen molar-refractivity contribution in [2.24, 2.45) is 0 Å². The van der Waals surface area contributed by atoms with E-state index < -0.39 is 15.9 Å². The van der Waals surface area contributed by atoms with Crippen LogP contribution in [0, 0.1) is 0 Å². The molecule has 0 fully saturated rings. The van der Waals surface area contributed by atoms with Crippen LogP contribution in [0.4, 0.5) is 5.69 Å². The first-order chi connectivity index (χ1) is 11.4. The second-order valence-corrected chi connectivity index (χ2v) is 9.06. The summed E-state index contributed by atoms with van der Waals surface area (Å²) in [6, 6.07) is 13.8. The molecule has 2 aromatic carbocycles. The van der Waals surface area contributed by atoms with Crippen LogP contribution in [0.25, 0.3) is 0 Å². The predicted molar refractivity (Wildman–Crippen MR) is 102 cm³/mol. The average Bonchev–Trinajstić information content (AvgIpc) is 2.89. The van der Waals surface area contributed by atoms with Crippen LogP contribution in [0.15, 0.2) is 69.0 Å². The van der Waals surface area contributed by atoms with Gasteiger partial charge in [-0.05, 0) is 58.4 Å². The van der Waals surface area contributed by atoms with E-state index in [0.717, 1.165) is 4.47 Å². The van der Waals surface area contributed by atoms with Gasteiger partial charge in [0.1, 0.15) is 0 Å².